The Kier molecular flexibility index (Phi) is 1.75. The van der Waals surface area contributed by atoms with Crippen molar-refractivity contribution in [3.05, 3.63) is 27.2 Å². The number of aromatic amines is 2. The van der Waals surface area contributed by atoms with E-state index in [2.05, 4.69) is 15.0 Å². The van der Waals surface area contributed by atoms with Gasteiger partial charge in [-0.2, -0.15) is 0 Å². The molecule has 3 rings (SSSR count). The van der Waals surface area contributed by atoms with E-state index in [1.165, 1.54) is 10.9 Å². The zero-order valence-electron chi connectivity index (χ0n) is 7.69. The summed E-state index contributed by atoms with van der Waals surface area (Å²) in [4.78, 5) is 32.7. The van der Waals surface area contributed by atoms with E-state index in [-0.39, 0.29) is 16.6 Å². The molecule has 2 aromatic heterocycles. The fourth-order valence-electron chi connectivity index (χ4n) is 1.61. The van der Waals surface area contributed by atoms with Crippen LogP contribution in [0.5, 0.6) is 0 Å². The molecule has 1 atom stereocenters. The highest BCUT2D eigenvalue weighted by atomic mass is 32.2. The van der Waals surface area contributed by atoms with Gasteiger partial charge in [0.25, 0.3) is 5.56 Å². The van der Waals surface area contributed by atoms with Gasteiger partial charge in [-0.05, 0) is 12.2 Å². The van der Waals surface area contributed by atoms with Gasteiger partial charge in [0.2, 0.25) is 0 Å². The van der Waals surface area contributed by atoms with E-state index >= 15 is 0 Å². The minimum atomic E-state index is -0.378. The van der Waals surface area contributed by atoms with Crippen molar-refractivity contribution in [2.75, 3.05) is 5.75 Å². The van der Waals surface area contributed by atoms with E-state index in [1.807, 2.05) is 0 Å². The van der Waals surface area contributed by atoms with Gasteiger partial charge in [0.1, 0.15) is 5.52 Å². The van der Waals surface area contributed by atoms with Crippen LogP contribution in [-0.4, -0.2) is 25.3 Å². The lowest BCUT2D eigenvalue weighted by molar-refractivity contribution is 0.579. The first kappa shape index (κ1) is 8.78. The summed E-state index contributed by atoms with van der Waals surface area (Å²) in [6.45, 7) is 0. The third kappa shape index (κ3) is 1.16. The molecule has 0 aromatic carbocycles. The lowest BCUT2D eigenvalue weighted by atomic mass is 10.4. The fourth-order valence-corrected chi connectivity index (χ4v) is 2.40. The third-order valence-electron chi connectivity index (χ3n) is 2.48. The SMILES string of the molecule is O=c1[nH]c2nc[nH]c2c(=O)n1C1CCS1. The highest BCUT2D eigenvalue weighted by molar-refractivity contribution is 8.00. The van der Waals surface area contributed by atoms with E-state index in [0.29, 0.717) is 11.2 Å². The third-order valence-corrected chi connectivity index (χ3v) is 3.78. The molecule has 2 aromatic rings. The van der Waals surface area contributed by atoms with Gasteiger partial charge in [-0.3, -0.25) is 9.78 Å². The van der Waals surface area contributed by atoms with Crippen LogP contribution in [0, 0.1) is 0 Å². The molecule has 1 fully saturated rings. The van der Waals surface area contributed by atoms with Crippen molar-refractivity contribution in [2.45, 2.75) is 11.8 Å². The molecule has 1 aliphatic rings. The summed E-state index contributed by atoms with van der Waals surface area (Å²) in [7, 11) is 0. The molecule has 1 unspecified atom stereocenters. The van der Waals surface area contributed by atoms with E-state index in [4.69, 9.17) is 0 Å². The predicted molar refractivity (Wildman–Crippen MR) is 57.1 cm³/mol. The Bertz CT molecular complexity index is 621. The van der Waals surface area contributed by atoms with Crippen LogP contribution in [0.1, 0.15) is 11.8 Å². The Labute approximate surface area is 87.7 Å². The smallest absolute Gasteiger partial charge is 0.331 e. The molecular weight excluding hydrogens is 216 g/mol. The topological polar surface area (TPSA) is 83.5 Å². The molecule has 0 spiro atoms. The van der Waals surface area contributed by atoms with Gasteiger partial charge in [-0.15, -0.1) is 11.8 Å². The summed E-state index contributed by atoms with van der Waals surface area (Å²) in [6, 6.07) is 0. The molecule has 1 aliphatic heterocycles. The number of aromatic nitrogens is 4. The minimum Gasteiger partial charge on any atom is -0.339 e. The Hall–Kier alpha value is -1.50. The number of H-pyrrole nitrogens is 2. The standard InChI is InChI=1S/C8H8N4O2S/c13-7-5-6(10-3-9-5)11-8(14)12(7)4-1-2-15-4/h3-4H,1-2H2,(H,9,10)(H,11,14). The number of fused-ring (bicyclic) bond motifs is 1. The maximum absolute atomic E-state index is 11.9. The summed E-state index contributed by atoms with van der Waals surface area (Å²) in [5, 5.41) is -0.0195. The number of thioether (sulfide) groups is 1. The van der Waals surface area contributed by atoms with Crippen LogP contribution in [0.3, 0.4) is 0 Å². The van der Waals surface area contributed by atoms with Gasteiger partial charge in [-0.25, -0.2) is 14.3 Å². The lowest BCUT2D eigenvalue weighted by Crippen LogP contribution is -2.39. The van der Waals surface area contributed by atoms with Crippen LogP contribution >= 0.6 is 11.8 Å². The molecule has 0 saturated carbocycles. The van der Waals surface area contributed by atoms with Crippen LogP contribution in [0.15, 0.2) is 15.9 Å². The van der Waals surface area contributed by atoms with Crippen LogP contribution in [0.2, 0.25) is 0 Å². The van der Waals surface area contributed by atoms with E-state index in [1.54, 1.807) is 11.8 Å². The largest absolute Gasteiger partial charge is 0.339 e. The average Bonchev–Trinajstić information content (AvgIpc) is 2.56. The van der Waals surface area contributed by atoms with Crippen molar-refractivity contribution in [3.8, 4) is 0 Å². The van der Waals surface area contributed by atoms with Crippen molar-refractivity contribution in [2.24, 2.45) is 0 Å². The van der Waals surface area contributed by atoms with Crippen molar-refractivity contribution in [1.82, 2.24) is 19.5 Å². The highest BCUT2D eigenvalue weighted by Gasteiger charge is 2.24. The van der Waals surface area contributed by atoms with Gasteiger partial charge in [0.15, 0.2) is 5.65 Å². The van der Waals surface area contributed by atoms with Gasteiger partial charge >= 0.3 is 5.69 Å². The van der Waals surface area contributed by atoms with Crippen LogP contribution in [0.4, 0.5) is 0 Å². The van der Waals surface area contributed by atoms with E-state index < -0.39 is 0 Å². The van der Waals surface area contributed by atoms with E-state index in [0.717, 1.165) is 12.2 Å². The summed E-state index contributed by atoms with van der Waals surface area (Å²) < 4.78 is 1.26. The van der Waals surface area contributed by atoms with Crippen molar-refractivity contribution >= 4 is 22.9 Å². The van der Waals surface area contributed by atoms with Crippen molar-refractivity contribution in [1.29, 1.82) is 0 Å². The number of imidazole rings is 1. The summed E-state index contributed by atoms with van der Waals surface area (Å²) >= 11 is 1.61. The van der Waals surface area contributed by atoms with Gasteiger partial charge in [-0.1, -0.05) is 0 Å². The number of hydrogen-bond donors (Lipinski definition) is 2. The quantitative estimate of drug-likeness (QED) is 0.716. The number of nitrogens with one attached hydrogen (secondary N) is 2. The lowest BCUT2D eigenvalue weighted by Gasteiger charge is -2.25. The normalized spacial score (nSPS) is 20.4. The minimum absolute atomic E-state index is 0.0195. The Morgan fingerprint density at radius 1 is 1.53 bits per heavy atom. The molecule has 3 heterocycles. The zero-order valence-corrected chi connectivity index (χ0v) is 8.50. The van der Waals surface area contributed by atoms with E-state index in [9.17, 15) is 9.59 Å². The van der Waals surface area contributed by atoms with Crippen molar-refractivity contribution in [3.63, 3.8) is 0 Å². The van der Waals surface area contributed by atoms with Crippen LogP contribution < -0.4 is 11.2 Å². The maximum Gasteiger partial charge on any atom is 0.331 e. The first-order valence-corrected chi connectivity index (χ1v) is 5.62. The molecule has 15 heavy (non-hydrogen) atoms. The van der Waals surface area contributed by atoms with Gasteiger partial charge in [0, 0.05) is 0 Å². The van der Waals surface area contributed by atoms with Crippen LogP contribution in [0.25, 0.3) is 11.2 Å². The molecule has 78 valence electrons. The molecule has 0 amide bonds. The predicted octanol–water partition coefficient (Wildman–Crippen LogP) is 0.0484. The Morgan fingerprint density at radius 2 is 2.33 bits per heavy atom. The van der Waals surface area contributed by atoms with Gasteiger partial charge < -0.3 is 4.98 Å². The average molecular weight is 224 g/mol. The summed E-state index contributed by atoms with van der Waals surface area (Å²) in [5.74, 6) is 0.998. The second kappa shape index (κ2) is 2.99. The van der Waals surface area contributed by atoms with Crippen LogP contribution in [-0.2, 0) is 0 Å². The molecule has 0 aliphatic carbocycles. The molecule has 6 nitrogen and oxygen atoms in total. The molecule has 0 bridgehead atoms. The second-order valence-corrected chi connectivity index (χ2v) is 4.63. The molecular formula is C8H8N4O2S. The molecule has 2 N–H and O–H groups in total. The monoisotopic (exact) mass is 224 g/mol. The summed E-state index contributed by atoms with van der Waals surface area (Å²) in [5.41, 5.74) is 0.0212. The first-order valence-electron chi connectivity index (χ1n) is 4.57. The number of hydrogen-bond acceptors (Lipinski definition) is 4. The molecule has 1 saturated heterocycles. The molecule has 0 radical (unpaired) electrons. The number of nitrogens with zero attached hydrogens (tertiary/aromatic N) is 2. The van der Waals surface area contributed by atoms with Crippen molar-refractivity contribution < 1.29 is 0 Å². The Balaban J connectivity index is 2.36. The first-order chi connectivity index (χ1) is 7.27. The number of rotatable bonds is 1. The van der Waals surface area contributed by atoms with Gasteiger partial charge in [0.05, 0.1) is 11.7 Å². The Morgan fingerprint density at radius 3 is 3.00 bits per heavy atom. The maximum atomic E-state index is 11.9. The summed E-state index contributed by atoms with van der Waals surface area (Å²) in [6.07, 6.45) is 2.27. The highest BCUT2D eigenvalue weighted by Crippen LogP contribution is 2.35. The molecule has 7 heteroatoms. The zero-order chi connectivity index (χ0) is 10.4. The fraction of sp³-hybridized carbons (Fsp3) is 0.375. The second-order valence-electron chi connectivity index (χ2n) is 3.35.